The van der Waals surface area contributed by atoms with E-state index in [-0.39, 0.29) is 0 Å². The second-order valence-electron chi connectivity index (χ2n) is 1.71. The number of nitrogens with zero attached hydrogens (tertiary/aromatic N) is 1. The van der Waals surface area contributed by atoms with E-state index < -0.39 is 0 Å². The van der Waals surface area contributed by atoms with Crippen LogP contribution in [-0.4, -0.2) is 11.5 Å². The molecule has 0 saturated heterocycles. The molecule has 1 heterocycles. The van der Waals surface area contributed by atoms with Gasteiger partial charge in [0, 0.05) is 0 Å². The zero-order valence-corrected chi connectivity index (χ0v) is 5.42. The molecule has 0 spiro atoms. The Morgan fingerprint density at radius 3 is 3.22 bits per heavy atom. The molecule has 0 unspecified atom stereocenters. The van der Waals surface area contributed by atoms with E-state index in [4.69, 9.17) is 4.42 Å². The molecule has 3 nitrogen and oxygen atoms in total. The van der Waals surface area contributed by atoms with E-state index >= 15 is 0 Å². The van der Waals surface area contributed by atoms with E-state index in [2.05, 4.69) is 10.3 Å². The highest BCUT2D eigenvalue weighted by Crippen LogP contribution is 1.91. The number of hydrogen-bond donors (Lipinski definition) is 1. The maximum absolute atomic E-state index is 4.96. The summed E-state index contributed by atoms with van der Waals surface area (Å²) in [6, 6.07) is 0. The molecule has 0 bridgehead atoms. The molecule has 0 amide bonds. The van der Waals surface area contributed by atoms with E-state index in [1.54, 1.807) is 12.5 Å². The molecule has 0 saturated carbocycles. The maximum Gasteiger partial charge on any atom is 0.207 e. The molecule has 0 radical (unpaired) electrons. The van der Waals surface area contributed by atoms with Crippen LogP contribution in [0.25, 0.3) is 0 Å². The minimum atomic E-state index is 0.726. The summed E-state index contributed by atoms with van der Waals surface area (Å²) in [5, 5.41) is 3.09. The van der Waals surface area contributed by atoms with Gasteiger partial charge in [0.1, 0.15) is 6.26 Å². The van der Waals surface area contributed by atoms with Crippen LogP contribution >= 0.6 is 0 Å². The third kappa shape index (κ3) is 1.85. The Labute approximate surface area is 54.1 Å². The Hall–Kier alpha value is -0.830. The van der Waals surface area contributed by atoms with Gasteiger partial charge in [-0.3, -0.25) is 0 Å². The average Bonchev–Trinajstić information content (AvgIpc) is 2.34. The van der Waals surface area contributed by atoms with Crippen LogP contribution in [-0.2, 0) is 6.54 Å². The van der Waals surface area contributed by atoms with Gasteiger partial charge in [-0.05, 0) is 6.54 Å². The highest BCUT2D eigenvalue weighted by molar-refractivity contribution is 4.77. The lowest BCUT2D eigenvalue weighted by Gasteiger charge is -1.92. The highest BCUT2D eigenvalue weighted by Gasteiger charge is 1.91. The Morgan fingerprint density at radius 2 is 2.67 bits per heavy atom. The molecule has 0 aromatic carbocycles. The Morgan fingerprint density at radius 1 is 1.78 bits per heavy atom. The fourth-order valence-corrected chi connectivity index (χ4v) is 0.572. The zero-order chi connectivity index (χ0) is 6.53. The van der Waals surface area contributed by atoms with Crippen LogP contribution in [0.1, 0.15) is 12.8 Å². The third-order valence-electron chi connectivity index (χ3n) is 1.01. The molecule has 0 aliphatic carbocycles. The molecule has 1 aromatic heterocycles. The average molecular weight is 126 g/mol. The molecule has 0 atom stereocenters. The fourth-order valence-electron chi connectivity index (χ4n) is 0.572. The smallest absolute Gasteiger partial charge is 0.207 e. The number of oxazole rings is 1. The first kappa shape index (κ1) is 6.29. The second kappa shape index (κ2) is 3.25. The highest BCUT2D eigenvalue weighted by atomic mass is 16.3. The normalized spacial score (nSPS) is 9.89. The van der Waals surface area contributed by atoms with Crippen molar-refractivity contribution in [3.05, 3.63) is 18.4 Å². The fraction of sp³-hybridized carbons (Fsp3) is 0.500. The van der Waals surface area contributed by atoms with E-state index in [1.165, 1.54) is 0 Å². The molecular weight excluding hydrogens is 116 g/mol. The molecule has 0 aliphatic rings. The summed E-state index contributed by atoms with van der Waals surface area (Å²) in [6.45, 7) is 3.72. The van der Waals surface area contributed by atoms with Gasteiger partial charge in [-0.25, -0.2) is 4.98 Å². The molecular formula is C6H10N2O. The monoisotopic (exact) mass is 126 g/mol. The predicted molar refractivity (Wildman–Crippen MR) is 33.9 cm³/mol. The van der Waals surface area contributed by atoms with Crippen molar-refractivity contribution in [2.75, 3.05) is 6.54 Å². The largest absolute Gasteiger partial charge is 0.448 e. The summed E-state index contributed by atoms with van der Waals surface area (Å²) in [5.74, 6) is 0.747. The van der Waals surface area contributed by atoms with Crippen molar-refractivity contribution in [3.63, 3.8) is 0 Å². The van der Waals surface area contributed by atoms with Gasteiger partial charge >= 0.3 is 0 Å². The molecule has 9 heavy (non-hydrogen) atoms. The first-order chi connectivity index (χ1) is 4.43. The van der Waals surface area contributed by atoms with Crippen LogP contribution in [0.15, 0.2) is 16.9 Å². The third-order valence-corrected chi connectivity index (χ3v) is 1.01. The second-order valence-corrected chi connectivity index (χ2v) is 1.71. The lowest BCUT2D eigenvalue weighted by Crippen LogP contribution is -2.11. The van der Waals surface area contributed by atoms with Crippen molar-refractivity contribution in [2.45, 2.75) is 13.5 Å². The van der Waals surface area contributed by atoms with Gasteiger partial charge < -0.3 is 9.73 Å². The number of nitrogens with one attached hydrogen (secondary N) is 1. The minimum Gasteiger partial charge on any atom is -0.448 e. The summed E-state index contributed by atoms with van der Waals surface area (Å²) in [7, 11) is 0. The van der Waals surface area contributed by atoms with Gasteiger partial charge in [-0.1, -0.05) is 6.92 Å². The number of hydrogen-bond acceptors (Lipinski definition) is 3. The summed E-state index contributed by atoms with van der Waals surface area (Å²) >= 11 is 0. The van der Waals surface area contributed by atoms with E-state index in [0.717, 1.165) is 19.0 Å². The SMILES string of the molecule is CCNCc1ncco1. The van der Waals surface area contributed by atoms with Gasteiger partial charge in [-0.15, -0.1) is 0 Å². The van der Waals surface area contributed by atoms with Gasteiger partial charge in [0.15, 0.2) is 0 Å². The maximum atomic E-state index is 4.96. The molecule has 1 aromatic rings. The zero-order valence-electron chi connectivity index (χ0n) is 5.42. The van der Waals surface area contributed by atoms with Crippen LogP contribution in [0.2, 0.25) is 0 Å². The van der Waals surface area contributed by atoms with Crippen LogP contribution in [0.4, 0.5) is 0 Å². The van der Waals surface area contributed by atoms with Crippen LogP contribution < -0.4 is 5.32 Å². The van der Waals surface area contributed by atoms with Crippen LogP contribution in [0.3, 0.4) is 0 Å². The Bertz CT molecular complexity index is 148. The molecule has 1 N–H and O–H groups in total. The van der Waals surface area contributed by atoms with E-state index in [9.17, 15) is 0 Å². The molecule has 3 heteroatoms. The van der Waals surface area contributed by atoms with Crippen molar-refractivity contribution < 1.29 is 4.42 Å². The van der Waals surface area contributed by atoms with Gasteiger partial charge in [0.25, 0.3) is 0 Å². The van der Waals surface area contributed by atoms with Crippen molar-refractivity contribution in [3.8, 4) is 0 Å². The molecule has 0 aliphatic heterocycles. The van der Waals surface area contributed by atoms with Gasteiger partial charge in [0.05, 0.1) is 12.7 Å². The summed E-state index contributed by atoms with van der Waals surface area (Å²) in [4.78, 5) is 3.92. The minimum absolute atomic E-state index is 0.726. The van der Waals surface area contributed by atoms with Crippen LogP contribution in [0, 0.1) is 0 Å². The summed E-state index contributed by atoms with van der Waals surface area (Å²) < 4.78 is 4.96. The van der Waals surface area contributed by atoms with Crippen molar-refractivity contribution in [1.29, 1.82) is 0 Å². The lowest BCUT2D eigenvalue weighted by molar-refractivity contribution is 0.472. The van der Waals surface area contributed by atoms with Crippen molar-refractivity contribution >= 4 is 0 Å². The topological polar surface area (TPSA) is 38.1 Å². The van der Waals surface area contributed by atoms with E-state index in [0.29, 0.717) is 0 Å². The van der Waals surface area contributed by atoms with Crippen molar-refractivity contribution in [1.82, 2.24) is 10.3 Å². The lowest BCUT2D eigenvalue weighted by atomic mass is 10.6. The molecule has 50 valence electrons. The Kier molecular flexibility index (Phi) is 2.27. The Balaban J connectivity index is 2.30. The van der Waals surface area contributed by atoms with Crippen LogP contribution in [0.5, 0.6) is 0 Å². The first-order valence-electron chi connectivity index (χ1n) is 3.02. The number of rotatable bonds is 3. The standard InChI is InChI=1S/C6H10N2O/c1-2-7-5-6-8-3-4-9-6/h3-4,7H,2,5H2,1H3. The number of aromatic nitrogens is 1. The van der Waals surface area contributed by atoms with E-state index in [1.807, 2.05) is 6.92 Å². The first-order valence-corrected chi connectivity index (χ1v) is 3.02. The summed E-state index contributed by atoms with van der Waals surface area (Å²) in [6.07, 6.45) is 3.22. The van der Waals surface area contributed by atoms with Crippen molar-refractivity contribution in [2.24, 2.45) is 0 Å². The predicted octanol–water partition coefficient (Wildman–Crippen LogP) is 0.784. The quantitative estimate of drug-likeness (QED) is 0.650. The summed E-state index contributed by atoms with van der Waals surface area (Å²) in [5.41, 5.74) is 0. The molecule has 1 rings (SSSR count). The van der Waals surface area contributed by atoms with Gasteiger partial charge in [-0.2, -0.15) is 0 Å². The van der Waals surface area contributed by atoms with Gasteiger partial charge in [0.2, 0.25) is 5.89 Å². The molecule has 0 fully saturated rings.